The van der Waals surface area contributed by atoms with Gasteiger partial charge in [0.2, 0.25) is 0 Å². The number of ether oxygens (including phenoxy) is 4. The summed E-state index contributed by atoms with van der Waals surface area (Å²) in [6, 6.07) is 7.59. The number of fused-ring (bicyclic) bond motifs is 5. The second kappa shape index (κ2) is 11.5. The average Bonchev–Trinajstić information content (AvgIpc) is 3.33. The maximum atomic E-state index is 6.00. The van der Waals surface area contributed by atoms with Crippen molar-refractivity contribution in [3.63, 3.8) is 0 Å². The van der Waals surface area contributed by atoms with Gasteiger partial charge in [0.1, 0.15) is 23.3 Å². The van der Waals surface area contributed by atoms with E-state index in [1.54, 1.807) is 10.0 Å². The highest BCUT2D eigenvalue weighted by atomic mass is 32.2. The number of nitrogens with zero attached hydrogens (tertiary/aromatic N) is 6. The molecule has 0 saturated carbocycles. The standard InChI is InChI=1S/C20H26N6O4S2/c1-25-19-21-7-9-27-11-12-28-10-8-22-20-26(2)24-18(32-20)14-30-16-6-4-3-5-15(16)29-13-17(23-25)31-19/h3-6H,7-14H2,1-2H3. The molecule has 3 aliphatic heterocycles. The fraction of sp³-hybridized carbons (Fsp3) is 0.500. The Balaban J connectivity index is 1.43. The van der Waals surface area contributed by atoms with E-state index in [1.807, 2.05) is 38.4 Å². The molecular formula is C20H26N6O4S2. The van der Waals surface area contributed by atoms with Crippen molar-refractivity contribution in [2.24, 2.45) is 20.2 Å². The fourth-order valence-electron chi connectivity index (χ4n) is 2.89. The van der Waals surface area contributed by atoms with E-state index in [4.69, 9.17) is 18.9 Å². The third-order valence-electron chi connectivity index (χ3n) is 4.38. The molecular weight excluding hydrogens is 452 g/mol. The number of hydrogen-bond acceptors (Lipinski definition) is 12. The molecule has 32 heavy (non-hydrogen) atoms. The van der Waals surface area contributed by atoms with E-state index in [0.29, 0.717) is 64.2 Å². The smallest absolute Gasteiger partial charge is 0.185 e. The zero-order valence-corrected chi connectivity index (χ0v) is 19.7. The van der Waals surface area contributed by atoms with Crippen LogP contribution in [0.25, 0.3) is 0 Å². The summed E-state index contributed by atoms with van der Waals surface area (Å²) in [4.78, 5) is 9.12. The average molecular weight is 479 g/mol. The van der Waals surface area contributed by atoms with Crippen molar-refractivity contribution in [2.45, 2.75) is 0 Å². The quantitative estimate of drug-likeness (QED) is 0.560. The van der Waals surface area contributed by atoms with Crippen LogP contribution in [0, 0.1) is 0 Å². The first kappa shape index (κ1) is 22.9. The number of para-hydroxylation sites is 2. The maximum absolute atomic E-state index is 6.00. The van der Waals surface area contributed by atoms with Crippen LogP contribution < -0.4 is 9.47 Å². The van der Waals surface area contributed by atoms with Gasteiger partial charge < -0.3 is 18.9 Å². The molecule has 3 aliphatic rings. The van der Waals surface area contributed by atoms with Crippen LogP contribution in [0.15, 0.2) is 44.5 Å². The number of benzene rings is 1. The van der Waals surface area contributed by atoms with E-state index in [9.17, 15) is 0 Å². The van der Waals surface area contributed by atoms with Crippen molar-refractivity contribution in [3.05, 3.63) is 24.3 Å². The summed E-state index contributed by atoms with van der Waals surface area (Å²) < 4.78 is 23.2. The Kier molecular flexibility index (Phi) is 8.26. The van der Waals surface area contributed by atoms with Crippen molar-refractivity contribution in [1.82, 2.24) is 10.0 Å². The number of hydrogen-bond donors (Lipinski definition) is 0. The fourth-order valence-corrected chi connectivity index (χ4v) is 4.53. The van der Waals surface area contributed by atoms with Crippen LogP contribution in [0.1, 0.15) is 0 Å². The minimum absolute atomic E-state index is 0.331. The second-order valence-electron chi connectivity index (χ2n) is 6.82. The van der Waals surface area contributed by atoms with Crippen molar-refractivity contribution < 1.29 is 18.9 Å². The lowest BCUT2D eigenvalue weighted by atomic mass is 10.3. The molecule has 0 spiro atoms. The number of rotatable bonds is 0. The van der Waals surface area contributed by atoms with Gasteiger partial charge in [-0.3, -0.25) is 9.98 Å². The van der Waals surface area contributed by atoms with Crippen LogP contribution in [0.3, 0.4) is 0 Å². The molecule has 4 rings (SSSR count). The first-order valence-electron chi connectivity index (χ1n) is 10.3. The van der Waals surface area contributed by atoms with Crippen LogP contribution in [-0.2, 0) is 9.47 Å². The summed E-state index contributed by atoms with van der Waals surface area (Å²) in [6.07, 6.45) is 0. The van der Waals surface area contributed by atoms with Crippen molar-refractivity contribution in [3.8, 4) is 11.5 Å². The Bertz CT molecular complexity index is 850. The molecule has 4 bridgehead atoms. The van der Waals surface area contributed by atoms with Crippen molar-refractivity contribution in [2.75, 3.05) is 66.8 Å². The normalized spacial score (nSPS) is 21.1. The van der Waals surface area contributed by atoms with E-state index in [-0.39, 0.29) is 0 Å². The highest BCUT2D eigenvalue weighted by molar-refractivity contribution is 8.27. The molecule has 0 amide bonds. The highest BCUT2D eigenvalue weighted by Crippen LogP contribution is 2.29. The number of aliphatic imine (C=N–C) groups is 2. The van der Waals surface area contributed by atoms with Gasteiger partial charge in [-0.25, -0.2) is 10.0 Å². The first-order valence-corrected chi connectivity index (χ1v) is 11.9. The molecule has 0 unspecified atom stereocenters. The van der Waals surface area contributed by atoms with Crippen LogP contribution in [-0.4, -0.2) is 97.3 Å². The maximum Gasteiger partial charge on any atom is 0.185 e. The van der Waals surface area contributed by atoms with Crippen LogP contribution >= 0.6 is 23.5 Å². The van der Waals surface area contributed by atoms with Gasteiger partial charge in [0.25, 0.3) is 0 Å². The molecule has 0 atom stereocenters. The molecule has 0 aromatic heterocycles. The molecule has 1 aromatic carbocycles. The Morgan fingerprint density at radius 3 is 1.66 bits per heavy atom. The second-order valence-corrected chi connectivity index (χ2v) is 8.90. The van der Waals surface area contributed by atoms with E-state index < -0.39 is 0 Å². The van der Waals surface area contributed by atoms with E-state index >= 15 is 0 Å². The van der Waals surface area contributed by atoms with Crippen LogP contribution in [0.2, 0.25) is 0 Å². The Morgan fingerprint density at radius 1 is 0.719 bits per heavy atom. The van der Waals surface area contributed by atoms with Crippen LogP contribution in [0.4, 0.5) is 0 Å². The number of amidine groups is 2. The zero-order valence-electron chi connectivity index (χ0n) is 18.1. The molecule has 0 fully saturated rings. The summed E-state index contributed by atoms with van der Waals surface area (Å²) in [7, 11) is 3.75. The molecule has 10 nitrogen and oxygen atoms in total. The highest BCUT2D eigenvalue weighted by Gasteiger charge is 2.22. The van der Waals surface area contributed by atoms with E-state index in [1.165, 1.54) is 23.5 Å². The SMILES string of the molecule is CN1N=C2COc3ccccc3OCC3=NN(C)C(=NCCOCCOCCN=C1S2)S3. The van der Waals surface area contributed by atoms with Gasteiger partial charge in [0.05, 0.1) is 39.5 Å². The van der Waals surface area contributed by atoms with Gasteiger partial charge in [-0.1, -0.05) is 12.1 Å². The summed E-state index contributed by atoms with van der Waals surface area (Å²) >= 11 is 2.99. The molecule has 172 valence electrons. The predicted octanol–water partition coefficient (Wildman–Crippen LogP) is 2.19. The van der Waals surface area contributed by atoms with Gasteiger partial charge in [-0.15, -0.1) is 0 Å². The van der Waals surface area contributed by atoms with Gasteiger partial charge in [-0.05, 0) is 35.7 Å². The molecule has 0 N–H and O–H groups in total. The van der Waals surface area contributed by atoms with Gasteiger partial charge in [0, 0.05) is 14.1 Å². The molecule has 0 aliphatic carbocycles. The minimum Gasteiger partial charge on any atom is -0.483 e. The summed E-state index contributed by atoms with van der Waals surface area (Å²) in [5.41, 5.74) is 0. The largest absolute Gasteiger partial charge is 0.483 e. The summed E-state index contributed by atoms with van der Waals surface area (Å²) in [6.45, 7) is 3.90. The summed E-state index contributed by atoms with van der Waals surface area (Å²) in [5.74, 6) is 1.31. The van der Waals surface area contributed by atoms with Crippen molar-refractivity contribution in [1.29, 1.82) is 0 Å². The van der Waals surface area contributed by atoms with Crippen molar-refractivity contribution >= 4 is 43.9 Å². The third kappa shape index (κ3) is 6.37. The Hall–Kier alpha value is -2.28. The van der Waals surface area contributed by atoms with E-state index in [2.05, 4.69) is 20.2 Å². The Morgan fingerprint density at radius 2 is 1.19 bits per heavy atom. The molecule has 12 heteroatoms. The lowest BCUT2D eigenvalue weighted by molar-refractivity contribution is 0.0540. The van der Waals surface area contributed by atoms with E-state index in [0.717, 1.165) is 20.4 Å². The summed E-state index contributed by atoms with van der Waals surface area (Å²) in [5, 5.41) is 15.8. The van der Waals surface area contributed by atoms with Gasteiger partial charge >= 0.3 is 0 Å². The molecule has 0 radical (unpaired) electrons. The monoisotopic (exact) mass is 478 g/mol. The minimum atomic E-state index is 0.331. The topological polar surface area (TPSA) is 92.8 Å². The molecule has 3 heterocycles. The zero-order chi connectivity index (χ0) is 22.2. The first-order chi connectivity index (χ1) is 15.7. The lowest BCUT2D eigenvalue weighted by Crippen LogP contribution is -2.15. The van der Waals surface area contributed by atoms with Gasteiger partial charge in [-0.2, -0.15) is 10.2 Å². The number of hydrazone groups is 2. The molecule has 1 aromatic rings. The van der Waals surface area contributed by atoms with Crippen LogP contribution in [0.5, 0.6) is 11.5 Å². The third-order valence-corrected chi connectivity index (χ3v) is 6.41. The number of thioether (sulfide) groups is 2. The lowest BCUT2D eigenvalue weighted by Gasteiger charge is -2.11. The predicted molar refractivity (Wildman–Crippen MR) is 129 cm³/mol. The van der Waals surface area contributed by atoms with Gasteiger partial charge in [0.15, 0.2) is 21.8 Å². The Labute approximate surface area is 195 Å². The molecule has 0 saturated heterocycles.